The maximum Gasteiger partial charge on any atom is 0.411 e. The molecule has 0 aliphatic heterocycles. The summed E-state index contributed by atoms with van der Waals surface area (Å²) in [6.45, 7) is -1.28. The molecular formula is C9H10F3N3O3. The van der Waals surface area contributed by atoms with E-state index in [-0.39, 0.29) is 19.0 Å². The molecule has 0 atom stereocenters. The molecule has 0 spiro atoms. The minimum absolute atomic E-state index is 0.128. The molecule has 0 fully saturated rings. The molecule has 0 aromatic carbocycles. The Morgan fingerprint density at radius 1 is 1.44 bits per heavy atom. The summed E-state index contributed by atoms with van der Waals surface area (Å²) in [5.74, 6) is -0.297. The zero-order valence-corrected chi connectivity index (χ0v) is 9.11. The Labute approximate surface area is 99.9 Å². The van der Waals surface area contributed by atoms with Crippen LogP contribution in [0.25, 0.3) is 0 Å². The number of ether oxygens (including phenoxy) is 1. The number of pyridine rings is 1. The van der Waals surface area contributed by atoms with Gasteiger partial charge in [0.25, 0.3) is 0 Å². The van der Waals surface area contributed by atoms with Crippen molar-refractivity contribution in [3.8, 4) is 0 Å². The minimum atomic E-state index is -4.34. The lowest BCUT2D eigenvalue weighted by Gasteiger charge is -2.08. The van der Waals surface area contributed by atoms with Gasteiger partial charge in [0.05, 0.1) is 12.3 Å². The van der Waals surface area contributed by atoms with Crippen LogP contribution < -0.4 is 5.32 Å². The van der Waals surface area contributed by atoms with Gasteiger partial charge in [-0.15, -0.1) is 0 Å². The molecule has 0 aliphatic carbocycles. The lowest BCUT2D eigenvalue weighted by atomic mass is 10.4. The Bertz CT molecular complexity index is 394. The summed E-state index contributed by atoms with van der Waals surface area (Å²) in [6.07, 6.45) is -3.11. The molecule has 100 valence electrons. The van der Waals surface area contributed by atoms with Crippen LogP contribution in [0.3, 0.4) is 0 Å². The van der Waals surface area contributed by atoms with E-state index in [1.807, 2.05) is 0 Å². The van der Waals surface area contributed by atoms with Crippen LogP contribution >= 0.6 is 0 Å². The fourth-order valence-electron chi connectivity index (χ4n) is 1.05. The van der Waals surface area contributed by atoms with E-state index in [4.69, 9.17) is 0 Å². The second kappa shape index (κ2) is 6.15. The number of anilines is 1. The molecular weight excluding hydrogens is 255 g/mol. The highest BCUT2D eigenvalue weighted by Gasteiger charge is 2.27. The highest BCUT2D eigenvalue weighted by atomic mass is 19.4. The van der Waals surface area contributed by atoms with Crippen LogP contribution in [-0.4, -0.2) is 35.8 Å². The largest absolute Gasteiger partial charge is 0.411 e. The lowest BCUT2D eigenvalue weighted by molar-refractivity contribution is -0.389. The number of halogens is 3. The number of nitrogens with one attached hydrogen (secondary N) is 1. The molecule has 0 amide bonds. The minimum Gasteiger partial charge on any atom is -0.380 e. The first kappa shape index (κ1) is 14.2. The van der Waals surface area contributed by atoms with Crippen LogP contribution in [0, 0.1) is 10.1 Å². The third-order valence-corrected chi connectivity index (χ3v) is 1.78. The molecule has 1 aromatic heterocycles. The van der Waals surface area contributed by atoms with Crippen molar-refractivity contribution in [2.45, 2.75) is 6.18 Å². The van der Waals surface area contributed by atoms with Crippen molar-refractivity contribution in [1.82, 2.24) is 4.98 Å². The van der Waals surface area contributed by atoms with Crippen molar-refractivity contribution in [1.29, 1.82) is 0 Å². The van der Waals surface area contributed by atoms with E-state index in [9.17, 15) is 23.3 Å². The van der Waals surface area contributed by atoms with Gasteiger partial charge in [0.1, 0.15) is 6.61 Å². The van der Waals surface area contributed by atoms with Gasteiger partial charge in [0.15, 0.2) is 6.20 Å². The van der Waals surface area contributed by atoms with Gasteiger partial charge in [0, 0.05) is 12.6 Å². The molecule has 1 aromatic rings. The molecule has 0 radical (unpaired) electrons. The SMILES string of the molecule is O=[N+]([O-])c1ccc(NCCOCC(F)(F)F)cn1. The number of nitrogens with zero attached hydrogens (tertiary/aromatic N) is 2. The second-order valence-electron chi connectivity index (χ2n) is 3.26. The van der Waals surface area contributed by atoms with E-state index in [0.717, 1.165) is 0 Å². The molecule has 1 heterocycles. The topological polar surface area (TPSA) is 77.3 Å². The predicted molar refractivity (Wildman–Crippen MR) is 56.3 cm³/mol. The molecule has 0 unspecified atom stereocenters. The van der Waals surface area contributed by atoms with E-state index in [1.54, 1.807) is 0 Å². The average Bonchev–Trinajstić information content (AvgIpc) is 2.27. The molecule has 0 bridgehead atoms. The summed E-state index contributed by atoms with van der Waals surface area (Å²) in [4.78, 5) is 13.2. The molecule has 1 rings (SSSR count). The van der Waals surface area contributed by atoms with Crippen LogP contribution in [-0.2, 0) is 4.74 Å². The van der Waals surface area contributed by atoms with Crippen molar-refractivity contribution in [2.24, 2.45) is 0 Å². The smallest absolute Gasteiger partial charge is 0.380 e. The summed E-state index contributed by atoms with van der Waals surface area (Å²) >= 11 is 0. The van der Waals surface area contributed by atoms with Crippen molar-refractivity contribution in [2.75, 3.05) is 25.1 Å². The highest BCUT2D eigenvalue weighted by Crippen LogP contribution is 2.14. The first-order chi connectivity index (χ1) is 8.38. The Kier molecular flexibility index (Phi) is 4.84. The van der Waals surface area contributed by atoms with E-state index >= 15 is 0 Å². The van der Waals surface area contributed by atoms with Crippen LogP contribution in [0.15, 0.2) is 18.3 Å². The van der Waals surface area contributed by atoms with Crippen LogP contribution in [0.1, 0.15) is 0 Å². The van der Waals surface area contributed by atoms with Gasteiger partial charge in [-0.2, -0.15) is 13.2 Å². The van der Waals surface area contributed by atoms with Crippen LogP contribution in [0.5, 0.6) is 0 Å². The zero-order chi connectivity index (χ0) is 13.6. The number of hydrogen-bond acceptors (Lipinski definition) is 5. The quantitative estimate of drug-likeness (QED) is 0.483. The summed E-state index contributed by atoms with van der Waals surface area (Å²) in [5.41, 5.74) is 0.469. The summed E-state index contributed by atoms with van der Waals surface area (Å²) in [5, 5.41) is 13.0. The third-order valence-electron chi connectivity index (χ3n) is 1.78. The van der Waals surface area contributed by atoms with Crippen molar-refractivity contribution >= 4 is 11.5 Å². The zero-order valence-electron chi connectivity index (χ0n) is 9.11. The maximum atomic E-state index is 11.7. The lowest BCUT2D eigenvalue weighted by Crippen LogP contribution is -2.20. The monoisotopic (exact) mass is 265 g/mol. The average molecular weight is 265 g/mol. The normalized spacial score (nSPS) is 11.3. The summed E-state index contributed by atoms with van der Waals surface area (Å²) in [6, 6.07) is 2.60. The second-order valence-corrected chi connectivity index (χ2v) is 3.26. The summed E-state index contributed by atoms with van der Waals surface area (Å²) < 4.78 is 39.5. The fraction of sp³-hybridized carbons (Fsp3) is 0.444. The molecule has 1 N–H and O–H groups in total. The first-order valence-electron chi connectivity index (χ1n) is 4.87. The molecule has 0 saturated heterocycles. The Hall–Kier alpha value is -1.90. The molecule has 18 heavy (non-hydrogen) atoms. The van der Waals surface area contributed by atoms with Crippen LogP contribution in [0.4, 0.5) is 24.7 Å². The Balaban J connectivity index is 2.25. The Morgan fingerprint density at radius 3 is 2.67 bits per heavy atom. The van der Waals surface area contributed by atoms with Crippen molar-refractivity contribution in [3.63, 3.8) is 0 Å². The van der Waals surface area contributed by atoms with Gasteiger partial charge < -0.3 is 20.2 Å². The van der Waals surface area contributed by atoms with Crippen molar-refractivity contribution < 1.29 is 22.8 Å². The van der Waals surface area contributed by atoms with E-state index < -0.39 is 17.7 Å². The van der Waals surface area contributed by atoms with Crippen LogP contribution in [0.2, 0.25) is 0 Å². The first-order valence-corrected chi connectivity index (χ1v) is 4.87. The predicted octanol–water partition coefficient (Wildman–Crippen LogP) is 1.98. The van der Waals surface area contributed by atoms with E-state index in [0.29, 0.717) is 5.69 Å². The number of aromatic nitrogens is 1. The van der Waals surface area contributed by atoms with Crippen molar-refractivity contribution in [3.05, 3.63) is 28.4 Å². The number of hydrogen-bond donors (Lipinski definition) is 1. The third kappa shape index (κ3) is 5.43. The van der Waals surface area contributed by atoms with E-state index in [2.05, 4.69) is 15.0 Å². The van der Waals surface area contributed by atoms with Gasteiger partial charge in [-0.3, -0.25) is 0 Å². The van der Waals surface area contributed by atoms with Gasteiger partial charge in [0.2, 0.25) is 0 Å². The number of nitro groups is 1. The van der Waals surface area contributed by atoms with Gasteiger partial charge in [-0.25, -0.2) is 0 Å². The van der Waals surface area contributed by atoms with Gasteiger partial charge in [-0.05, 0) is 16.0 Å². The highest BCUT2D eigenvalue weighted by molar-refractivity contribution is 5.43. The molecule has 9 heteroatoms. The fourth-order valence-corrected chi connectivity index (χ4v) is 1.05. The molecule has 0 aliphatic rings. The Morgan fingerprint density at radius 2 is 2.17 bits per heavy atom. The van der Waals surface area contributed by atoms with Gasteiger partial charge >= 0.3 is 12.0 Å². The molecule has 0 saturated carbocycles. The number of rotatable bonds is 6. The van der Waals surface area contributed by atoms with Gasteiger partial charge in [-0.1, -0.05) is 0 Å². The standard InChI is InChI=1S/C9H10F3N3O3/c10-9(11,12)6-18-4-3-13-7-1-2-8(14-5-7)15(16)17/h1-2,5,13H,3-4,6H2. The molecule has 6 nitrogen and oxygen atoms in total. The van der Waals surface area contributed by atoms with E-state index in [1.165, 1.54) is 18.3 Å². The summed E-state index contributed by atoms with van der Waals surface area (Å²) in [7, 11) is 0. The maximum absolute atomic E-state index is 11.7. The number of alkyl halides is 3.